The van der Waals surface area contributed by atoms with Gasteiger partial charge in [-0.3, -0.25) is 4.79 Å². The van der Waals surface area contributed by atoms with E-state index in [9.17, 15) is 4.79 Å². The molecule has 0 aliphatic rings. The second-order valence-corrected chi connectivity index (χ2v) is 5.87. The first-order valence-corrected chi connectivity index (χ1v) is 8.03. The van der Waals surface area contributed by atoms with Crippen LogP contribution >= 0.6 is 11.8 Å². The Hall–Kier alpha value is -1.81. The highest BCUT2D eigenvalue weighted by atomic mass is 32.2. The fourth-order valence-electron chi connectivity index (χ4n) is 1.92. The summed E-state index contributed by atoms with van der Waals surface area (Å²) in [4.78, 5) is 18.1. The van der Waals surface area contributed by atoms with E-state index < -0.39 is 0 Å². The number of carbonyl (C=O) groups excluding carboxylic acids is 1. The van der Waals surface area contributed by atoms with Crippen LogP contribution in [0.15, 0.2) is 53.7 Å². The molecule has 0 radical (unpaired) electrons. The molecule has 2 aromatic rings. The number of carbonyl (C=O) groups is 1. The van der Waals surface area contributed by atoms with Crippen LogP contribution in [0, 0.1) is 0 Å². The lowest BCUT2D eigenvalue weighted by atomic mass is 10.1. The number of nitrogens with zero attached hydrogens (tertiary/aromatic N) is 2. The summed E-state index contributed by atoms with van der Waals surface area (Å²) in [7, 11) is 1.84. The summed E-state index contributed by atoms with van der Waals surface area (Å²) in [6, 6.07) is 14.1. The van der Waals surface area contributed by atoms with Crippen LogP contribution in [0.2, 0.25) is 0 Å². The first-order valence-electron chi connectivity index (χ1n) is 7.04. The molecule has 1 amide bonds. The Morgan fingerprint density at radius 1 is 1.14 bits per heavy atom. The van der Waals surface area contributed by atoms with Crippen molar-refractivity contribution in [1.29, 1.82) is 0 Å². The maximum absolute atomic E-state index is 12.1. The molecule has 0 saturated carbocycles. The van der Waals surface area contributed by atoms with E-state index in [2.05, 4.69) is 36.2 Å². The topological polar surface area (TPSA) is 33.2 Å². The third-order valence-electron chi connectivity index (χ3n) is 3.26. The van der Waals surface area contributed by atoms with E-state index in [1.54, 1.807) is 11.1 Å². The summed E-state index contributed by atoms with van der Waals surface area (Å²) in [6.07, 6.45) is 2.78. The van der Waals surface area contributed by atoms with Crippen molar-refractivity contribution in [1.82, 2.24) is 9.88 Å². The molecule has 0 unspecified atom stereocenters. The fraction of sp³-hybridized carbons (Fsp3) is 0.294. The molecule has 0 aliphatic carbocycles. The Labute approximate surface area is 130 Å². The van der Waals surface area contributed by atoms with E-state index in [0.717, 1.165) is 17.0 Å². The lowest BCUT2D eigenvalue weighted by Crippen LogP contribution is -2.27. The molecular formula is C17H20N2OS. The molecular weight excluding hydrogens is 280 g/mol. The maximum atomic E-state index is 12.1. The maximum Gasteiger partial charge on any atom is 0.233 e. The minimum atomic E-state index is 0.116. The minimum Gasteiger partial charge on any atom is -0.341 e. The van der Waals surface area contributed by atoms with Crippen molar-refractivity contribution in [3.8, 4) is 0 Å². The number of amides is 1. The highest BCUT2D eigenvalue weighted by molar-refractivity contribution is 7.99. The van der Waals surface area contributed by atoms with Crippen LogP contribution in [0.3, 0.4) is 0 Å². The van der Waals surface area contributed by atoms with Gasteiger partial charge in [0, 0.05) is 19.8 Å². The number of hydrogen-bond donors (Lipinski definition) is 0. The lowest BCUT2D eigenvalue weighted by Gasteiger charge is -2.17. The van der Waals surface area contributed by atoms with Gasteiger partial charge >= 0.3 is 0 Å². The number of rotatable bonds is 6. The lowest BCUT2D eigenvalue weighted by molar-refractivity contribution is -0.127. The molecule has 21 heavy (non-hydrogen) atoms. The van der Waals surface area contributed by atoms with E-state index in [-0.39, 0.29) is 5.91 Å². The van der Waals surface area contributed by atoms with E-state index in [4.69, 9.17) is 0 Å². The molecule has 0 aliphatic heterocycles. The van der Waals surface area contributed by atoms with Gasteiger partial charge in [-0.05, 0) is 29.7 Å². The monoisotopic (exact) mass is 300 g/mol. The zero-order valence-electron chi connectivity index (χ0n) is 12.5. The first-order chi connectivity index (χ1) is 10.2. The predicted octanol–water partition coefficient (Wildman–Crippen LogP) is 3.39. The SMILES string of the molecule is CCc1ccc(CN(C)C(=O)CSc2ccccn2)cc1. The number of thioether (sulfide) groups is 1. The van der Waals surface area contributed by atoms with Gasteiger partial charge in [0.1, 0.15) is 0 Å². The van der Waals surface area contributed by atoms with Gasteiger partial charge in [0.05, 0.1) is 10.8 Å². The second kappa shape index (κ2) is 7.84. The summed E-state index contributed by atoms with van der Waals surface area (Å²) < 4.78 is 0. The molecule has 4 heteroatoms. The third-order valence-corrected chi connectivity index (χ3v) is 4.19. The van der Waals surface area contributed by atoms with Gasteiger partial charge in [0.15, 0.2) is 0 Å². The van der Waals surface area contributed by atoms with E-state index in [1.807, 2.05) is 25.2 Å². The number of aryl methyl sites for hydroxylation is 1. The van der Waals surface area contributed by atoms with Crippen LogP contribution in [0.25, 0.3) is 0 Å². The van der Waals surface area contributed by atoms with Gasteiger partial charge in [0.2, 0.25) is 5.91 Å². The quantitative estimate of drug-likeness (QED) is 0.767. The predicted molar refractivity (Wildman–Crippen MR) is 87.3 cm³/mol. The van der Waals surface area contributed by atoms with Crippen LogP contribution in [-0.2, 0) is 17.8 Å². The van der Waals surface area contributed by atoms with E-state index in [0.29, 0.717) is 12.3 Å². The van der Waals surface area contributed by atoms with Crippen molar-refractivity contribution >= 4 is 17.7 Å². The second-order valence-electron chi connectivity index (χ2n) is 4.88. The number of aromatic nitrogens is 1. The van der Waals surface area contributed by atoms with Crippen LogP contribution in [0.5, 0.6) is 0 Å². The molecule has 110 valence electrons. The average molecular weight is 300 g/mol. The number of benzene rings is 1. The van der Waals surface area contributed by atoms with Crippen molar-refractivity contribution in [3.63, 3.8) is 0 Å². The molecule has 1 aromatic carbocycles. The van der Waals surface area contributed by atoms with Gasteiger partial charge in [-0.2, -0.15) is 0 Å². The van der Waals surface area contributed by atoms with E-state index in [1.165, 1.54) is 17.3 Å². The van der Waals surface area contributed by atoms with Crippen molar-refractivity contribution in [2.45, 2.75) is 24.9 Å². The Bertz CT molecular complexity index is 569. The molecule has 3 nitrogen and oxygen atoms in total. The molecule has 0 spiro atoms. The van der Waals surface area contributed by atoms with Crippen LogP contribution < -0.4 is 0 Å². The molecule has 0 atom stereocenters. The zero-order valence-corrected chi connectivity index (χ0v) is 13.3. The summed E-state index contributed by atoms with van der Waals surface area (Å²) in [5.74, 6) is 0.533. The molecule has 0 saturated heterocycles. The van der Waals surface area contributed by atoms with Crippen molar-refractivity contribution < 1.29 is 4.79 Å². The highest BCUT2D eigenvalue weighted by Crippen LogP contribution is 2.15. The third kappa shape index (κ3) is 4.90. The Morgan fingerprint density at radius 2 is 1.86 bits per heavy atom. The minimum absolute atomic E-state index is 0.116. The molecule has 1 aromatic heterocycles. The largest absolute Gasteiger partial charge is 0.341 e. The Balaban J connectivity index is 1.84. The molecule has 0 fully saturated rings. The summed E-state index contributed by atoms with van der Waals surface area (Å²) >= 11 is 1.47. The molecule has 2 rings (SSSR count). The van der Waals surface area contributed by atoms with Gasteiger partial charge in [-0.25, -0.2) is 4.98 Å². The number of hydrogen-bond acceptors (Lipinski definition) is 3. The van der Waals surface area contributed by atoms with Gasteiger partial charge in [-0.15, -0.1) is 0 Å². The normalized spacial score (nSPS) is 10.4. The zero-order chi connectivity index (χ0) is 15.1. The Kier molecular flexibility index (Phi) is 5.81. The van der Waals surface area contributed by atoms with Crippen molar-refractivity contribution in [2.24, 2.45) is 0 Å². The van der Waals surface area contributed by atoms with Crippen LogP contribution in [0.4, 0.5) is 0 Å². The van der Waals surface area contributed by atoms with Crippen LogP contribution in [-0.4, -0.2) is 28.6 Å². The highest BCUT2D eigenvalue weighted by Gasteiger charge is 2.10. The van der Waals surface area contributed by atoms with Gasteiger partial charge in [-0.1, -0.05) is 49.0 Å². The first kappa shape index (κ1) is 15.6. The summed E-state index contributed by atoms with van der Waals surface area (Å²) in [5.41, 5.74) is 2.48. The number of pyridine rings is 1. The molecule has 0 bridgehead atoms. The molecule has 0 N–H and O–H groups in total. The summed E-state index contributed by atoms with van der Waals surface area (Å²) in [6.45, 7) is 2.78. The fourth-order valence-corrected chi connectivity index (χ4v) is 2.72. The molecule has 1 heterocycles. The van der Waals surface area contributed by atoms with E-state index >= 15 is 0 Å². The standard InChI is InChI=1S/C17H20N2OS/c1-3-14-7-9-15(10-8-14)12-19(2)17(20)13-21-16-6-4-5-11-18-16/h4-11H,3,12-13H2,1-2H3. The van der Waals surface area contributed by atoms with Gasteiger partial charge in [0.25, 0.3) is 0 Å². The smallest absolute Gasteiger partial charge is 0.233 e. The average Bonchev–Trinajstić information content (AvgIpc) is 2.54. The Morgan fingerprint density at radius 3 is 2.48 bits per heavy atom. The van der Waals surface area contributed by atoms with Gasteiger partial charge < -0.3 is 4.90 Å². The van der Waals surface area contributed by atoms with Crippen molar-refractivity contribution in [2.75, 3.05) is 12.8 Å². The van der Waals surface area contributed by atoms with Crippen molar-refractivity contribution in [3.05, 3.63) is 59.8 Å². The van der Waals surface area contributed by atoms with Crippen LogP contribution in [0.1, 0.15) is 18.1 Å². The summed E-state index contributed by atoms with van der Waals surface area (Å²) in [5, 5.41) is 0.881.